The summed E-state index contributed by atoms with van der Waals surface area (Å²) in [5.74, 6) is -0.435. The van der Waals surface area contributed by atoms with Crippen molar-refractivity contribution in [1.82, 2.24) is 9.55 Å². The molecule has 4 nitrogen and oxygen atoms in total. The fourth-order valence-corrected chi connectivity index (χ4v) is 3.77. The van der Waals surface area contributed by atoms with Crippen LogP contribution in [0.3, 0.4) is 0 Å². The summed E-state index contributed by atoms with van der Waals surface area (Å²) in [5.41, 5.74) is 5.56. The van der Waals surface area contributed by atoms with Crippen LogP contribution in [0.5, 0.6) is 0 Å². The lowest BCUT2D eigenvalue weighted by atomic mass is 10.0. The number of aromatic nitrogens is 2. The van der Waals surface area contributed by atoms with Crippen LogP contribution in [0.15, 0.2) is 66.7 Å². The van der Waals surface area contributed by atoms with Crippen LogP contribution in [0.2, 0.25) is 5.02 Å². The molecule has 0 saturated carbocycles. The monoisotopic (exact) mass is 390 g/mol. The molecule has 0 bridgehead atoms. The summed E-state index contributed by atoms with van der Waals surface area (Å²) in [6.07, 6.45) is 0.591. The van der Waals surface area contributed by atoms with Crippen LogP contribution in [-0.2, 0) is 18.2 Å². The molecule has 0 aliphatic rings. The summed E-state index contributed by atoms with van der Waals surface area (Å²) >= 11 is 6.25. The third kappa shape index (κ3) is 3.27. The minimum Gasteiger partial charge on any atom is -0.464 e. The highest BCUT2D eigenvalue weighted by Gasteiger charge is 2.18. The number of hydrogen-bond donors (Lipinski definition) is 0. The molecule has 2 heterocycles. The summed E-state index contributed by atoms with van der Waals surface area (Å²) in [4.78, 5) is 16.4. The van der Waals surface area contributed by atoms with E-state index in [4.69, 9.17) is 16.3 Å². The van der Waals surface area contributed by atoms with Crippen molar-refractivity contribution >= 4 is 28.5 Å². The van der Waals surface area contributed by atoms with E-state index in [1.54, 1.807) is 6.07 Å². The molecule has 2 aromatic carbocycles. The zero-order valence-corrected chi connectivity index (χ0v) is 16.4. The highest BCUT2D eigenvalue weighted by molar-refractivity contribution is 6.31. The Kier molecular flexibility index (Phi) is 4.88. The Morgan fingerprint density at radius 1 is 1.07 bits per heavy atom. The van der Waals surface area contributed by atoms with E-state index >= 15 is 0 Å². The molecule has 140 valence electrons. The molecule has 0 amide bonds. The third-order valence-corrected chi connectivity index (χ3v) is 5.11. The molecule has 0 unspecified atom stereocenters. The number of halogens is 1. The summed E-state index contributed by atoms with van der Waals surface area (Å²) < 4.78 is 6.96. The maximum absolute atomic E-state index is 11.9. The standard InChI is InChI=1S/C23H19ClN2O2/c1-26-21-13-16(24)11-12-18(21)19(22(26)15-7-4-3-5-8-15)14-17-9-6-10-20(25-17)23(27)28-2/h3-13H,14H2,1-2H3. The van der Waals surface area contributed by atoms with Gasteiger partial charge in [-0.05, 0) is 35.4 Å². The van der Waals surface area contributed by atoms with Crippen molar-refractivity contribution in [2.75, 3.05) is 7.11 Å². The molecule has 0 aliphatic heterocycles. The second kappa shape index (κ2) is 7.49. The number of aryl methyl sites for hydroxylation is 1. The first kappa shape index (κ1) is 18.3. The lowest BCUT2D eigenvalue weighted by molar-refractivity contribution is 0.0593. The minimum absolute atomic E-state index is 0.310. The van der Waals surface area contributed by atoms with E-state index in [0.717, 1.165) is 33.4 Å². The molecule has 0 radical (unpaired) electrons. The number of fused-ring (bicyclic) bond motifs is 1. The fourth-order valence-electron chi connectivity index (χ4n) is 3.61. The van der Waals surface area contributed by atoms with Crippen molar-refractivity contribution < 1.29 is 9.53 Å². The molecular formula is C23H19ClN2O2. The van der Waals surface area contributed by atoms with Gasteiger partial charge in [0, 0.05) is 29.6 Å². The van der Waals surface area contributed by atoms with Gasteiger partial charge in [-0.1, -0.05) is 54.1 Å². The van der Waals surface area contributed by atoms with Crippen LogP contribution < -0.4 is 0 Å². The van der Waals surface area contributed by atoms with E-state index in [-0.39, 0.29) is 0 Å². The first-order valence-corrected chi connectivity index (χ1v) is 9.32. The quantitative estimate of drug-likeness (QED) is 0.446. The number of carbonyl (C=O) groups is 1. The molecular weight excluding hydrogens is 372 g/mol. The highest BCUT2D eigenvalue weighted by Crippen LogP contribution is 2.35. The summed E-state index contributed by atoms with van der Waals surface area (Å²) in [5, 5.41) is 1.82. The number of carbonyl (C=O) groups excluding carboxylic acids is 1. The van der Waals surface area contributed by atoms with E-state index in [1.807, 2.05) is 55.6 Å². The van der Waals surface area contributed by atoms with E-state index < -0.39 is 5.97 Å². The van der Waals surface area contributed by atoms with Gasteiger partial charge in [-0.3, -0.25) is 0 Å². The second-order valence-corrected chi connectivity index (χ2v) is 7.03. The zero-order valence-electron chi connectivity index (χ0n) is 15.6. The van der Waals surface area contributed by atoms with E-state index in [9.17, 15) is 4.79 Å². The third-order valence-electron chi connectivity index (χ3n) is 4.87. The number of methoxy groups -OCH3 is 1. The van der Waals surface area contributed by atoms with Gasteiger partial charge in [-0.2, -0.15) is 0 Å². The molecule has 0 fully saturated rings. The van der Waals surface area contributed by atoms with Gasteiger partial charge in [0.05, 0.1) is 18.3 Å². The normalized spacial score (nSPS) is 11.0. The van der Waals surface area contributed by atoms with Crippen molar-refractivity contribution in [2.45, 2.75) is 6.42 Å². The Balaban J connectivity index is 1.90. The van der Waals surface area contributed by atoms with Gasteiger partial charge in [-0.15, -0.1) is 0 Å². The first-order chi connectivity index (χ1) is 13.6. The average molecular weight is 391 g/mol. The van der Waals surface area contributed by atoms with Gasteiger partial charge in [0.1, 0.15) is 5.69 Å². The highest BCUT2D eigenvalue weighted by atomic mass is 35.5. The number of pyridine rings is 1. The number of nitrogens with zero attached hydrogens (tertiary/aromatic N) is 2. The second-order valence-electron chi connectivity index (χ2n) is 6.60. The Bertz CT molecular complexity index is 1170. The Hall–Kier alpha value is -3.11. The number of benzene rings is 2. The van der Waals surface area contributed by atoms with Crippen LogP contribution >= 0.6 is 11.6 Å². The van der Waals surface area contributed by atoms with Gasteiger partial charge >= 0.3 is 5.97 Å². The van der Waals surface area contributed by atoms with Crippen LogP contribution in [0.25, 0.3) is 22.2 Å². The van der Waals surface area contributed by atoms with E-state index in [2.05, 4.69) is 21.7 Å². The van der Waals surface area contributed by atoms with Crippen molar-refractivity contribution in [1.29, 1.82) is 0 Å². The molecule has 0 atom stereocenters. The molecule has 4 rings (SSSR count). The van der Waals surface area contributed by atoms with E-state index in [1.165, 1.54) is 7.11 Å². The number of hydrogen-bond acceptors (Lipinski definition) is 3. The van der Waals surface area contributed by atoms with Crippen molar-refractivity contribution in [3.05, 3.63) is 88.7 Å². The van der Waals surface area contributed by atoms with Gasteiger partial charge in [-0.25, -0.2) is 9.78 Å². The Morgan fingerprint density at radius 3 is 2.61 bits per heavy atom. The lowest BCUT2D eigenvalue weighted by Gasteiger charge is -2.09. The molecule has 28 heavy (non-hydrogen) atoms. The SMILES string of the molecule is COC(=O)c1cccc(Cc2c(-c3ccccc3)n(C)c3cc(Cl)ccc23)n1. The van der Waals surface area contributed by atoms with Crippen molar-refractivity contribution in [3.8, 4) is 11.3 Å². The van der Waals surface area contributed by atoms with Crippen LogP contribution in [0, 0.1) is 0 Å². The van der Waals surface area contributed by atoms with Gasteiger partial charge < -0.3 is 9.30 Å². The first-order valence-electron chi connectivity index (χ1n) is 8.95. The van der Waals surface area contributed by atoms with Crippen LogP contribution in [0.1, 0.15) is 21.7 Å². The maximum Gasteiger partial charge on any atom is 0.356 e. The zero-order chi connectivity index (χ0) is 19.7. The smallest absolute Gasteiger partial charge is 0.356 e. The van der Waals surface area contributed by atoms with Gasteiger partial charge in [0.25, 0.3) is 0 Å². The average Bonchev–Trinajstić information content (AvgIpc) is 2.99. The molecule has 0 aliphatic carbocycles. The number of rotatable bonds is 4. The van der Waals surface area contributed by atoms with Crippen molar-refractivity contribution in [2.24, 2.45) is 7.05 Å². The van der Waals surface area contributed by atoms with Gasteiger partial charge in [0.2, 0.25) is 0 Å². The fraction of sp³-hybridized carbons (Fsp3) is 0.130. The lowest BCUT2D eigenvalue weighted by Crippen LogP contribution is -2.06. The van der Waals surface area contributed by atoms with Crippen LogP contribution in [-0.4, -0.2) is 22.6 Å². The summed E-state index contributed by atoms with van der Waals surface area (Å²) in [6, 6.07) is 21.6. The topological polar surface area (TPSA) is 44.1 Å². The largest absolute Gasteiger partial charge is 0.464 e. The minimum atomic E-state index is -0.435. The molecule has 2 aromatic heterocycles. The van der Waals surface area contributed by atoms with Gasteiger partial charge in [0.15, 0.2) is 0 Å². The van der Waals surface area contributed by atoms with Crippen LogP contribution in [0.4, 0.5) is 0 Å². The summed E-state index contributed by atoms with van der Waals surface area (Å²) in [6.45, 7) is 0. The van der Waals surface area contributed by atoms with E-state index in [0.29, 0.717) is 17.1 Å². The molecule has 0 saturated heterocycles. The molecule has 0 N–H and O–H groups in total. The maximum atomic E-state index is 11.9. The Morgan fingerprint density at radius 2 is 1.86 bits per heavy atom. The summed E-state index contributed by atoms with van der Waals surface area (Å²) in [7, 11) is 3.40. The number of esters is 1. The van der Waals surface area contributed by atoms with Crippen molar-refractivity contribution in [3.63, 3.8) is 0 Å². The molecule has 5 heteroatoms. The number of ether oxygens (including phenoxy) is 1. The Labute approximate surface area is 168 Å². The predicted molar refractivity (Wildman–Crippen MR) is 112 cm³/mol. The molecule has 4 aromatic rings. The molecule has 0 spiro atoms. The predicted octanol–water partition coefficient (Wildman–Crippen LogP) is 5.27.